The Bertz CT molecular complexity index is 1800. The molecule has 2 aliphatic rings. The highest BCUT2D eigenvalue weighted by Gasteiger charge is 2.22. The van der Waals surface area contributed by atoms with Crippen LogP contribution in [0.2, 0.25) is 0 Å². The first-order valence-electron chi connectivity index (χ1n) is 12.6. The maximum atomic E-state index is 4.92. The predicted molar refractivity (Wildman–Crippen MR) is 161 cm³/mol. The normalized spacial score (nSPS) is 11.4. The maximum Gasteiger partial charge on any atom is 0.164 e. The molecule has 0 amide bonds. The highest BCUT2D eigenvalue weighted by Crippen LogP contribution is 2.36. The molecule has 0 unspecified atom stereocenters. The van der Waals surface area contributed by atoms with Crippen LogP contribution < -0.4 is 0 Å². The van der Waals surface area contributed by atoms with Crippen LogP contribution >= 0.6 is 0 Å². The third kappa shape index (κ3) is 3.40. The zero-order valence-electron chi connectivity index (χ0n) is 21.4. The van der Waals surface area contributed by atoms with E-state index in [1.165, 1.54) is 0 Å². The predicted octanol–water partition coefficient (Wildman–Crippen LogP) is 7.13. The van der Waals surface area contributed by atoms with Gasteiger partial charge < -0.3 is 9.97 Å². The van der Waals surface area contributed by atoms with Crippen LogP contribution in [0.5, 0.6) is 0 Å². The highest BCUT2D eigenvalue weighted by atomic mass is 15.1. The molecule has 0 radical (unpaired) electrons. The van der Waals surface area contributed by atoms with Gasteiger partial charge in [0.2, 0.25) is 0 Å². The number of rotatable bonds is 4. The molecule has 0 spiro atoms. The average Bonchev–Trinajstić information content (AvgIpc) is 3.70. The van der Waals surface area contributed by atoms with Gasteiger partial charge in [-0.25, -0.2) is 29.9 Å². The maximum absolute atomic E-state index is 4.92. The second kappa shape index (κ2) is 8.92. The lowest BCUT2D eigenvalue weighted by Gasteiger charge is -1.97. The minimum atomic E-state index is 0.521. The van der Waals surface area contributed by atoms with Crippen molar-refractivity contribution in [3.05, 3.63) is 97.1 Å². The van der Waals surface area contributed by atoms with Gasteiger partial charge in [-0.15, -0.1) is 0 Å². The molecule has 0 atom stereocenters. The Morgan fingerprint density at radius 3 is 0.875 bits per heavy atom. The van der Waals surface area contributed by atoms with Gasteiger partial charge in [-0.1, -0.05) is 99.2 Å². The van der Waals surface area contributed by atoms with Crippen molar-refractivity contribution in [3.63, 3.8) is 0 Å². The smallest absolute Gasteiger partial charge is 0.164 e. The van der Waals surface area contributed by atoms with Crippen LogP contribution in [0, 0.1) is 0 Å². The van der Waals surface area contributed by atoms with E-state index in [0.717, 1.165) is 44.5 Å². The number of aromatic nitrogens is 8. The van der Waals surface area contributed by atoms with Gasteiger partial charge in [-0.2, -0.15) is 0 Å². The van der Waals surface area contributed by atoms with Gasteiger partial charge in [-0.3, -0.25) is 0 Å². The van der Waals surface area contributed by atoms with Crippen molar-refractivity contribution in [2.45, 2.75) is 0 Å². The molecule has 190 valence electrons. The Labute approximate surface area is 229 Å². The Balaban J connectivity index is 1.72. The largest absolute Gasteiger partial charge is 0.324 e. The van der Waals surface area contributed by atoms with Crippen molar-refractivity contribution in [3.8, 4) is 45.6 Å². The van der Waals surface area contributed by atoms with E-state index in [0.29, 0.717) is 45.9 Å². The Morgan fingerprint density at radius 2 is 0.650 bits per heavy atom. The molecule has 5 heterocycles. The molecule has 0 saturated carbocycles. The van der Waals surface area contributed by atoms with E-state index in [1.807, 2.05) is 48.5 Å². The van der Waals surface area contributed by atoms with Gasteiger partial charge in [0.25, 0.3) is 0 Å². The number of fused-ring (bicyclic) bond motifs is 14. The van der Waals surface area contributed by atoms with Gasteiger partial charge in [0.15, 0.2) is 23.3 Å². The van der Waals surface area contributed by atoms with Crippen LogP contribution in [0.15, 0.2) is 74.8 Å². The molecule has 40 heavy (non-hydrogen) atoms. The highest BCUT2D eigenvalue weighted by molar-refractivity contribution is 5.90. The molecule has 5 aromatic rings. The number of hydrogen-bond donors (Lipinski definition) is 2. The van der Waals surface area contributed by atoms with E-state index in [2.05, 4.69) is 36.3 Å². The van der Waals surface area contributed by atoms with Gasteiger partial charge >= 0.3 is 0 Å². The van der Waals surface area contributed by atoms with E-state index in [4.69, 9.17) is 29.9 Å². The number of nitrogens with one attached hydrogen (secondary N) is 2. The van der Waals surface area contributed by atoms with Crippen LogP contribution in [-0.2, 0) is 0 Å². The third-order valence-corrected chi connectivity index (χ3v) is 7.00. The summed E-state index contributed by atoms with van der Waals surface area (Å²) in [4.78, 5) is 36.1. The summed E-state index contributed by atoms with van der Waals surface area (Å²) >= 11 is 0. The number of H-pyrrole nitrogens is 2. The molecule has 2 N–H and O–H groups in total. The van der Waals surface area contributed by atoms with Gasteiger partial charge in [0.05, 0.1) is 0 Å². The van der Waals surface area contributed by atoms with Crippen molar-refractivity contribution in [2.24, 2.45) is 0 Å². The molecule has 0 saturated heterocycles. The average molecular weight is 519 g/mol. The van der Waals surface area contributed by atoms with E-state index in [9.17, 15) is 0 Å². The lowest BCUT2D eigenvalue weighted by molar-refractivity contribution is 1.19. The minimum Gasteiger partial charge on any atom is -0.324 e. The molecule has 8 bridgehead atoms. The van der Waals surface area contributed by atoms with E-state index in [-0.39, 0.29) is 0 Å². The summed E-state index contributed by atoms with van der Waals surface area (Å²) in [6, 6.07) is 15.7. The van der Waals surface area contributed by atoms with E-state index < -0.39 is 0 Å². The summed E-state index contributed by atoms with van der Waals surface area (Å²) in [5, 5.41) is 0. The van der Waals surface area contributed by atoms with Crippen LogP contribution in [-0.4, -0.2) is 39.9 Å². The van der Waals surface area contributed by atoms with Gasteiger partial charge in [0, 0.05) is 44.5 Å². The Hall–Kier alpha value is -5.76. The second-order valence-corrected chi connectivity index (χ2v) is 9.17. The summed E-state index contributed by atoms with van der Waals surface area (Å²) in [7, 11) is 0. The summed E-state index contributed by atoms with van der Waals surface area (Å²) in [5.74, 6) is 2.08. The molecule has 3 aromatic heterocycles. The molecule has 2 aliphatic heterocycles. The van der Waals surface area contributed by atoms with Crippen LogP contribution in [0.3, 0.4) is 0 Å². The Morgan fingerprint density at radius 1 is 0.400 bits per heavy atom. The third-order valence-electron chi connectivity index (χ3n) is 7.00. The molecule has 2 aromatic carbocycles. The second-order valence-electron chi connectivity index (χ2n) is 9.17. The molecule has 8 heteroatoms. The number of nitrogens with zero attached hydrogens (tertiary/aromatic N) is 6. The molecular formula is C32H22N8. The lowest BCUT2D eigenvalue weighted by atomic mass is 10.1. The minimum absolute atomic E-state index is 0.521. The monoisotopic (exact) mass is 518 g/mol. The molecular weight excluding hydrogens is 496 g/mol. The van der Waals surface area contributed by atoms with Crippen LogP contribution in [0.4, 0.5) is 0 Å². The van der Waals surface area contributed by atoms with Gasteiger partial charge in [0.1, 0.15) is 22.6 Å². The summed E-state index contributed by atoms with van der Waals surface area (Å²) in [5.41, 5.74) is 8.77. The molecule has 0 aliphatic carbocycles. The first kappa shape index (κ1) is 23.4. The summed E-state index contributed by atoms with van der Waals surface area (Å²) < 4.78 is 0. The van der Waals surface area contributed by atoms with E-state index in [1.54, 1.807) is 24.3 Å². The summed E-state index contributed by atoms with van der Waals surface area (Å²) in [6.07, 6.45) is 6.95. The first-order valence-corrected chi connectivity index (χ1v) is 12.6. The molecule has 8 nitrogen and oxygen atoms in total. The quantitative estimate of drug-likeness (QED) is 0.256. The lowest BCUT2D eigenvalue weighted by Crippen LogP contribution is -1.83. The zero-order chi connectivity index (χ0) is 27.4. The van der Waals surface area contributed by atoms with Crippen molar-refractivity contribution in [1.29, 1.82) is 0 Å². The van der Waals surface area contributed by atoms with Crippen molar-refractivity contribution < 1.29 is 0 Å². The zero-order valence-corrected chi connectivity index (χ0v) is 21.4. The molecule has 7 rings (SSSR count). The van der Waals surface area contributed by atoms with Crippen LogP contribution in [0.1, 0.15) is 22.3 Å². The number of benzene rings is 2. The topological polar surface area (TPSA) is 109 Å². The molecule has 0 fully saturated rings. The van der Waals surface area contributed by atoms with E-state index >= 15 is 0 Å². The summed E-state index contributed by atoms with van der Waals surface area (Å²) in [6.45, 7) is 16.1. The standard InChI is InChI=1S/C32H22N8/c1-5-17-18(6-2)26-33-25(17)35-29-21-13-9-10-14-22(21)31(39-29)37-27-19(7-3)20(8-4)28(34-27)38-32-24-16-12-11-15-23(24)30(36-26)40-32/h5-16H,1-4H2,(H2,33,34,35,36,37,38,39,40). The van der Waals surface area contributed by atoms with Crippen molar-refractivity contribution in [1.82, 2.24) is 39.9 Å². The Kier molecular flexibility index (Phi) is 5.21. The SMILES string of the molecule is C=Cc1c(C=C)c2nc3nc(nc4[nH]c(nc5nc(nc1[nH]2)-c1ccccc1-5)c(C=C)c4C=C)-c1ccccc1-3. The fourth-order valence-corrected chi connectivity index (χ4v) is 5.14. The van der Waals surface area contributed by atoms with Crippen molar-refractivity contribution >= 4 is 46.9 Å². The number of hydrogen-bond acceptors (Lipinski definition) is 6. The number of aromatic amines is 2. The van der Waals surface area contributed by atoms with Crippen molar-refractivity contribution in [2.75, 3.05) is 0 Å². The van der Waals surface area contributed by atoms with Crippen LogP contribution in [0.25, 0.3) is 92.4 Å². The fourth-order valence-electron chi connectivity index (χ4n) is 5.14. The first-order chi connectivity index (χ1) is 19.6. The fraction of sp³-hybridized carbons (Fsp3) is 0. The van der Waals surface area contributed by atoms with Gasteiger partial charge in [-0.05, 0) is 0 Å².